The molecule has 0 aliphatic rings. The Labute approximate surface area is 118 Å². The van der Waals surface area contributed by atoms with Gasteiger partial charge in [-0.1, -0.05) is 6.07 Å². The fourth-order valence-corrected chi connectivity index (χ4v) is 1.58. The van der Waals surface area contributed by atoms with E-state index in [0.29, 0.717) is 0 Å². The highest BCUT2D eigenvalue weighted by Crippen LogP contribution is 2.11. The quantitative estimate of drug-likeness (QED) is 0.750. The molecule has 0 radical (unpaired) electrons. The first-order chi connectivity index (χ1) is 9.99. The van der Waals surface area contributed by atoms with Gasteiger partial charge < -0.3 is 16.2 Å². The number of aromatic carboxylic acids is 1. The predicted octanol–water partition coefficient (Wildman–Crippen LogP) is 0.526. The van der Waals surface area contributed by atoms with Gasteiger partial charge in [0.25, 0.3) is 5.91 Å². The summed E-state index contributed by atoms with van der Waals surface area (Å²) in [5.74, 6) is -2.79. The maximum Gasteiger partial charge on any atom is 0.358 e. The van der Waals surface area contributed by atoms with Crippen molar-refractivity contribution in [1.29, 1.82) is 0 Å². The SMILES string of the molecule is NC(=O)c1cccc(C(=O)Nc2nccnc2C(=O)O)c1. The van der Waals surface area contributed by atoms with E-state index in [9.17, 15) is 14.4 Å². The predicted molar refractivity (Wildman–Crippen MR) is 71.9 cm³/mol. The van der Waals surface area contributed by atoms with E-state index in [1.165, 1.54) is 36.7 Å². The second-order valence-electron chi connectivity index (χ2n) is 3.96. The van der Waals surface area contributed by atoms with Gasteiger partial charge in [-0.3, -0.25) is 9.59 Å². The zero-order valence-electron chi connectivity index (χ0n) is 10.6. The number of carbonyl (C=O) groups excluding carboxylic acids is 2. The molecule has 0 aliphatic carbocycles. The fraction of sp³-hybridized carbons (Fsp3) is 0. The summed E-state index contributed by atoms with van der Waals surface area (Å²) < 4.78 is 0. The maximum atomic E-state index is 12.0. The molecule has 0 fully saturated rings. The van der Waals surface area contributed by atoms with Crippen molar-refractivity contribution in [3.8, 4) is 0 Å². The number of primary amides is 1. The van der Waals surface area contributed by atoms with E-state index in [2.05, 4.69) is 15.3 Å². The molecule has 4 N–H and O–H groups in total. The second kappa shape index (κ2) is 5.78. The summed E-state index contributed by atoms with van der Waals surface area (Å²) in [6.07, 6.45) is 2.45. The van der Waals surface area contributed by atoms with Gasteiger partial charge in [0.05, 0.1) is 0 Å². The molecule has 0 bridgehead atoms. The molecular weight excluding hydrogens is 276 g/mol. The molecule has 0 spiro atoms. The van der Waals surface area contributed by atoms with Crippen LogP contribution in [0.15, 0.2) is 36.7 Å². The Bertz CT molecular complexity index is 730. The van der Waals surface area contributed by atoms with Crippen LogP contribution >= 0.6 is 0 Å². The van der Waals surface area contributed by atoms with Crippen molar-refractivity contribution in [2.75, 3.05) is 5.32 Å². The molecule has 0 saturated heterocycles. The number of carbonyl (C=O) groups is 3. The number of benzene rings is 1. The van der Waals surface area contributed by atoms with E-state index in [1.807, 2.05) is 0 Å². The van der Waals surface area contributed by atoms with Crippen molar-refractivity contribution >= 4 is 23.6 Å². The van der Waals surface area contributed by atoms with Crippen LogP contribution in [-0.2, 0) is 0 Å². The summed E-state index contributed by atoms with van der Waals surface area (Å²) in [7, 11) is 0. The number of amides is 2. The van der Waals surface area contributed by atoms with Crippen LogP contribution in [0, 0.1) is 0 Å². The van der Waals surface area contributed by atoms with Gasteiger partial charge in [0, 0.05) is 23.5 Å². The standard InChI is InChI=1S/C13H10N4O4/c14-10(18)7-2-1-3-8(6-7)12(19)17-11-9(13(20)21)15-4-5-16-11/h1-6H,(H2,14,18)(H,20,21)(H,16,17,19). The molecule has 0 aliphatic heterocycles. The molecule has 106 valence electrons. The molecule has 0 unspecified atom stereocenters. The normalized spacial score (nSPS) is 9.90. The van der Waals surface area contributed by atoms with Crippen LogP contribution in [0.1, 0.15) is 31.2 Å². The van der Waals surface area contributed by atoms with Crippen LogP contribution in [0.2, 0.25) is 0 Å². The minimum atomic E-state index is -1.32. The molecule has 0 atom stereocenters. The van der Waals surface area contributed by atoms with Gasteiger partial charge in [0.1, 0.15) is 0 Å². The van der Waals surface area contributed by atoms with Gasteiger partial charge in [0.2, 0.25) is 5.91 Å². The monoisotopic (exact) mass is 286 g/mol. The topological polar surface area (TPSA) is 135 Å². The maximum absolute atomic E-state index is 12.0. The van der Waals surface area contributed by atoms with E-state index in [1.54, 1.807) is 0 Å². The highest BCUT2D eigenvalue weighted by atomic mass is 16.4. The number of nitrogens with one attached hydrogen (secondary N) is 1. The third-order valence-corrected chi connectivity index (χ3v) is 2.54. The third-order valence-electron chi connectivity index (χ3n) is 2.54. The minimum absolute atomic E-state index is 0.147. The van der Waals surface area contributed by atoms with E-state index in [-0.39, 0.29) is 22.6 Å². The molecular formula is C13H10N4O4. The van der Waals surface area contributed by atoms with Crippen molar-refractivity contribution in [2.45, 2.75) is 0 Å². The molecule has 8 nitrogen and oxygen atoms in total. The Morgan fingerprint density at radius 3 is 2.43 bits per heavy atom. The third kappa shape index (κ3) is 3.18. The fourth-order valence-electron chi connectivity index (χ4n) is 1.58. The van der Waals surface area contributed by atoms with E-state index >= 15 is 0 Å². The first-order valence-corrected chi connectivity index (χ1v) is 5.74. The summed E-state index contributed by atoms with van der Waals surface area (Å²) in [5, 5.41) is 11.3. The largest absolute Gasteiger partial charge is 0.476 e. The lowest BCUT2D eigenvalue weighted by Crippen LogP contribution is -2.18. The second-order valence-corrected chi connectivity index (χ2v) is 3.96. The van der Waals surface area contributed by atoms with Gasteiger partial charge in [0.15, 0.2) is 11.5 Å². The highest BCUT2D eigenvalue weighted by Gasteiger charge is 2.16. The molecule has 2 aromatic rings. The number of carboxylic acid groups (broad SMARTS) is 1. The van der Waals surface area contributed by atoms with Gasteiger partial charge in [-0.25, -0.2) is 14.8 Å². The van der Waals surface area contributed by atoms with Crippen LogP contribution in [0.4, 0.5) is 5.82 Å². The smallest absolute Gasteiger partial charge is 0.358 e. The van der Waals surface area contributed by atoms with Gasteiger partial charge in [-0.2, -0.15) is 0 Å². The van der Waals surface area contributed by atoms with E-state index in [0.717, 1.165) is 0 Å². The summed E-state index contributed by atoms with van der Waals surface area (Å²) in [6.45, 7) is 0. The van der Waals surface area contributed by atoms with Crippen LogP contribution in [0.3, 0.4) is 0 Å². The highest BCUT2D eigenvalue weighted by molar-refractivity contribution is 6.07. The molecule has 1 aromatic carbocycles. The number of hydrogen-bond acceptors (Lipinski definition) is 5. The van der Waals surface area contributed by atoms with Crippen molar-refractivity contribution in [1.82, 2.24) is 9.97 Å². The van der Waals surface area contributed by atoms with E-state index in [4.69, 9.17) is 10.8 Å². The number of hydrogen-bond donors (Lipinski definition) is 3. The molecule has 1 heterocycles. The molecule has 21 heavy (non-hydrogen) atoms. The van der Waals surface area contributed by atoms with Crippen molar-refractivity contribution in [3.05, 3.63) is 53.5 Å². The zero-order chi connectivity index (χ0) is 15.4. The first-order valence-electron chi connectivity index (χ1n) is 5.74. The number of carboxylic acids is 1. The lowest BCUT2D eigenvalue weighted by molar-refractivity contribution is 0.0691. The molecule has 2 rings (SSSR count). The van der Waals surface area contributed by atoms with Crippen molar-refractivity contribution in [3.63, 3.8) is 0 Å². The number of aromatic nitrogens is 2. The Morgan fingerprint density at radius 1 is 1.10 bits per heavy atom. The Morgan fingerprint density at radius 2 is 1.76 bits per heavy atom. The summed E-state index contributed by atoms with van der Waals surface area (Å²) in [6, 6.07) is 5.71. The number of nitrogens with zero attached hydrogens (tertiary/aromatic N) is 2. The summed E-state index contributed by atoms with van der Waals surface area (Å²) in [4.78, 5) is 41.5. The first kappa shape index (κ1) is 14.1. The zero-order valence-corrected chi connectivity index (χ0v) is 10.6. The number of rotatable bonds is 4. The Balaban J connectivity index is 2.28. The average Bonchev–Trinajstić information content (AvgIpc) is 2.47. The molecule has 2 amide bonds. The molecule has 0 saturated carbocycles. The average molecular weight is 286 g/mol. The van der Waals surface area contributed by atoms with Crippen LogP contribution < -0.4 is 11.1 Å². The summed E-state index contributed by atoms with van der Waals surface area (Å²) >= 11 is 0. The summed E-state index contributed by atoms with van der Waals surface area (Å²) in [5.41, 5.74) is 5.06. The van der Waals surface area contributed by atoms with Crippen LogP contribution in [0.5, 0.6) is 0 Å². The number of nitrogens with two attached hydrogens (primary N) is 1. The van der Waals surface area contributed by atoms with Gasteiger partial charge >= 0.3 is 5.97 Å². The van der Waals surface area contributed by atoms with E-state index < -0.39 is 17.8 Å². The molecule has 1 aromatic heterocycles. The van der Waals surface area contributed by atoms with Crippen LogP contribution in [0.25, 0.3) is 0 Å². The Kier molecular flexibility index (Phi) is 3.89. The lowest BCUT2D eigenvalue weighted by atomic mass is 10.1. The molecule has 8 heteroatoms. The van der Waals surface area contributed by atoms with Gasteiger partial charge in [-0.15, -0.1) is 0 Å². The lowest BCUT2D eigenvalue weighted by Gasteiger charge is -2.07. The number of anilines is 1. The van der Waals surface area contributed by atoms with Gasteiger partial charge in [-0.05, 0) is 18.2 Å². The minimum Gasteiger partial charge on any atom is -0.476 e. The van der Waals surface area contributed by atoms with Crippen molar-refractivity contribution < 1.29 is 19.5 Å². The van der Waals surface area contributed by atoms with Crippen molar-refractivity contribution in [2.24, 2.45) is 5.73 Å². The van der Waals surface area contributed by atoms with Crippen LogP contribution in [-0.4, -0.2) is 32.9 Å². The Hall–Kier alpha value is -3.29.